The van der Waals surface area contributed by atoms with E-state index in [0.29, 0.717) is 41.3 Å². The summed E-state index contributed by atoms with van der Waals surface area (Å²) in [4.78, 5) is 25.5. The van der Waals surface area contributed by atoms with E-state index in [1.165, 1.54) is 14.2 Å². The number of ether oxygens (including phenoxy) is 2. The Labute approximate surface area is 181 Å². The number of carbonyl (C=O) groups excluding carboxylic acids is 2. The number of rotatable bonds is 10. The van der Waals surface area contributed by atoms with Crippen molar-refractivity contribution in [1.29, 1.82) is 0 Å². The minimum Gasteiger partial charge on any atom is -0.497 e. The van der Waals surface area contributed by atoms with Crippen molar-refractivity contribution in [2.45, 2.75) is 39.8 Å². The van der Waals surface area contributed by atoms with Crippen LogP contribution in [0.15, 0.2) is 18.2 Å². The van der Waals surface area contributed by atoms with Crippen molar-refractivity contribution in [2.24, 2.45) is 5.92 Å². The summed E-state index contributed by atoms with van der Waals surface area (Å²) in [5.41, 5.74) is 0.350. The highest BCUT2D eigenvalue weighted by Gasteiger charge is 2.25. The van der Waals surface area contributed by atoms with Crippen LogP contribution in [-0.2, 0) is 17.8 Å². The number of benzene rings is 1. The monoisotopic (exact) mass is 435 g/mol. The van der Waals surface area contributed by atoms with E-state index in [0.717, 1.165) is 5.82 Å². The molecule has 0 fully saturated rings. The fourth-order valence-corrected chi connectivity index (χ4v) is 3.25. The van der Waals surface area contributed by atoms with Gasteiger partial charge in [0, 0.05) is 31.1 Å². The fourth-order valence-electron chi connectivity index (χ4n) is 2.97. The van der Waals surface area contributed by atoms with Gasteiger partial charge in [-0.2, -0.15) is 5.10 Å². The molecule has 0 bridgehead atoms. The third kappa shape index (κ3) is 5.82. The van der Waals surface area contributed by atoms with Crippen molar-refractivity contribution >= 4 is 24.0 Å². The van der Waals surface area contributed by atoms with Crippen LogP contribution in [0.25, 0.3) is 0 Å². The van der Waals surface area contributed by atoms with Crippen LogP contribution in [0.3, 0.4) is 0 Å². The SMILES string of the molecule is CCn1c(CCNC(=O)C(NC(=O)c2cc(OC)cc(OC)c2)C(C)C)n[nH]c1=S. The maximum Gasteiger partial charge on any atom is 0.252 e. The zero-order valence-corrected chi connectivity index (χ0v) is 18.8. The molecule has 2 aromatic rings. The van der Waals surface area contributed by atoms with Gasteiger partial charge >= 0.3 is 0 Å². The molecule has 0 aliphatic heterocycles. The Bertz CT molecular complexity index is 915. The van der Waals surface area contributed by atoms with Crippen molar-refractivity contribution in [2.75, 3.05) is 20.8 Å². The van der Waals surface area contributed by atoms with Crippen molar-refractivity contribution < 1.29 is 19.1 Å². The van der Waals surface area contributed by atoms with E-state index in [1.807, 2.05) is 25.3 Å². The molecule has 1 atom stereocenters. The van der Waals surface area contributed by atoms with Gasteiger partial charge in [-0.3, -0.25) is 14.7 Å². The molecule has 2 rings (SSSR count). The predicted octanol–water partition coefficient (Wildman–Crippen LogP) is 2.09. The lowest BCUT2D eigenvalue weighted by Gasteiger charge is -2.22. The average molecular weight is 436 g/mol. The summed E-state index contributed by atoms with van der Waals surface area (Å²) in [6, 6.07) is 4.18. The van der Waals surface area contributed by atoms with Gasteiger partial charge in [-0.1, -0.05) is 13.8 Å². The first-order chi connectivity index (χ1) is 14.3. The highest BCUT2D eigenvalue weighted by molar-refractivity contribution is 7.71. The molecule has 0 aliphatic rings. The van der Waals surface area contributed by atoms with Gasteiger partial charge in [0.2, 0.25) is 5.91 Å². The smallest absolute Gasteiger partial charge is 0.252 e. The molecule has 10 heteroatoms. The Morgan fingerprint density at radius 2 is 1.83 bits per heavy atom. The van der Waals surface area contributed by atoms with Gasteiger partial charge < -0.3 is 24.7 Å². The molecule has 30 heavy (non-hydrogen) atoms. The van der Waals surface area contributed by atoms with E-state index in [1.54, 1.807) is 18.2 Å². The molecule has 3 N–H and O–H groups in total. The van der Waals surface area contributed by atoms with Crippen molar-refractivity contribution in [3.8, 4) is 11.5 Å². The largest absolute Gasteiger partial charge is 0.497 e. The maximum atomic E-state index is 12.8. The minimum atomic E-state index is -0.693. The second-order valence-corrected chi connectivity index (χ2v) is 7.41. The highest BCUT2D eigenvalue weighted by atomic mass is 32.1. The van der Waals surface area contributed by atoms with Gasteiger partial charge in [-0.25, -0.2) is 0 Å². The molecule has 164 valence electrons. The van der Waals surface area contributed by atoms with Crippen molar-refractivity contribution in [3.63, 3.8) is 0 Å². The number of hydrogen-bond donors (Lipinski definition) is 3. The van der Waals surface area contributed by atoms with Crippen molar-refractivity contribution in [3.05, 3.63) is 34.4 Å². The van der Waals surface area contributed by atoms with Crippen LogP contribution >= 0.6 is 12.2 Å². The lowest BCUT2D eigenvalue weighted by Crippen LogP contribution is -2.50. The average Bonchev–Trinajstić information content (AvgIpc) is 3.10. The summed E-state index contributed by atoms with van der Waals surface area (Å²) in [5, 5.41) is 12.6. The minimum absolute atomic E-state index is 0.105. The van der Waals surface area contributed by atoms with Gasteiger partial charge in [0.25, 0.3) is 5.91 Å². The third-order valence-electron chi connectivity index (χ3n) is 4.65. The van der Waals surface area contributed by atoms with E-state index in [2.05, 4.69) is 20.8 Å². The number of H-pyrrole nitrogens is 1. The lowest BCUT2D eigenvalue weighted by atomic mass is 10.0. The Balaban J connectivity index is 2.03. The predicted molar refractivity (Wildman–Crippen MR) is 115 cm³/mol. The third-order valence-corrected chi connectivity index (χ3v) is 4.96. The van der Waals surface area contributed by atoms with Gasteiger partial charge in [-0.15, -0.1) is 0 Å². The Kier molecular flexibility index (Phi) is 8.40. The lowest BCUT2D eigenvalue weighted by molar-refractivity contribution is -0.123. The normalized spacial score (nSPS) is 11.8. The Hall–Kier alpha value is -2.88. The molecule has 2 amide bonds. The van der Waals surface area contributed by atoms with Crippen LogP contribution in [-0.4, -0.2) is 53.4 Å². The number of aromatic nitrogens is 3. The van der Waals surface area contributed by atoms with Gasteiger partial charge in [0.15, 0.2) is 4.77 Å². The number of nitrogens with one attached hydrogen (secondary N) is 3. The fraction of sp³-hybridized carbons (Fsp3) is 0.500. The summed E-state index contributed by atoms with van der Waals surface area (Å²) in [5.74, 6) is 1.02. The number of aromatic amines is 1. The zero-order valence-electron chi connectivity index (χ0n) is 17.9. The van der Waals surface area contributed by atoms with Crippen molar-refractivity contribution in [1.82, 2.24) is 25.4 Å². The summed E-state index contributed by atoms with van der Waals surface area (Å²) in [6.45, 7) is 6.81. The standard InChI is InChI=1S/C20H29N5O4S/c1-6-25-16(23-24-20(25)30)7-8-21-19(27)17(12(2)3)22-18(26)13-9-14(28-4)11-15(10-13)29-5/h9-12,17H,6-8H2,1-5H3,(H,21,27)(H,22,26)(H,24,30). The van der Waals surface area contributed by atoms with Crippen LogP contribution < -0.4 is 20.1 Å². The quantitative estimate of drug-likeness (QED) is 0.493. The van der Waals surface area contributed by atoms with E-state index < -0.39 is 6.04 Å². The molecular formula is C20H29N5O4S. The topological polar surface area (TPSA) is 110 Å². The summed E-state index contributed by atoms with van der Waals surface area (Å²) < 4.78 is 12.8. The number of carbonyl (C=O) groups is 2. The second-order valence-electron chi connectivity index (χ2n) is 7.03. The van der Waals surface area contributed by atoms with E-state index in [9.17, 15) is 9.59 Å². The molecule has 0 saturated carbocycles. The molecule has 1 heterocycles. The van der Waals surface area contributed by atoms with E-state index in [4.69, 9.17) is 21.7 Å². The number of hydrogen-bond acceptors (Lipinski definition) is 6. The molecule has 1 unspecified atom stereocenters. The Morgan fingerprint density at radius 3 is 2.37 bits per heavy atom. The molecule has 0 radical (unpaired) electrons. The van der Waals surface area contributed by atoms with Crippen LogP contribution in [0, 0.1) is 10.7 Å². The van der Waals surface area contributed by atoms with E-state index in [-0.39, 0.29) is 17.7 Å². The Morgan fingerprint density at radius 1 is 1.20 bits per heavy atom. The van der Waals surface area contributed by atoms with Crippen LogP contribution in [0.1, 0.15) is 37.0 Å². The summed E-state index contributed by atoms with van der Waals surface area (Å²) in [7, 11) is 3.02. The van der Waals surface area contributed by atoms with Gasteiger partial charge in [-0.05, 0) is 37.2 Å². The molecule has 0 spiro atoms. The summed E-state index contributed by atoms with van der Waals surface area (Å²) >= 11 is 5.17. The van der Waals surface area contributed by atoms with Gasteiger partial charge in [0.1, 0.15) is 23.4 Å². The first kappa shape index (κ1) is 23.4. The highest BCUT2D eigenvalue weighted by Crippen LogP contribution is 2.22. The molecule has 0 aliphatic carbocycles. The van der Waals surface area contributed by atoms with Crippen LogP contribution in [0.2, 0.25) is 0 Å². The molecule has 9 nitrogen and oxygen atoms in total. The second kappa shape index (κ2) is 10.8. The van der Waals surface area contributed by atoms with Crippen LogP contribution in [0.4, 0.5) is 0 Å². The number of methoxy groups -OCH3 is 2. The first-order valence-electron chi connectivity index (χ1n) is 9.76. The number of nitrogens with zero attached hydrogens (tertiary/aromatic N) is 2. The molecule has 1 aromatic carbocycles. The van der Waals surface area contributed by atoms with Gasteiger partial charge in [0.05, 0.1) is 14.2 Å². The molecular weight excluding hydrogens is 406 g/mol. The number of amides is 2. The summed E-state index contributed by atoms with van der Waals surface area (Å²) in [6.07, 6.45) is 0.526. The first-order valence-corrected chi connectivity index (χ1v) is 10.2. The zero-order chi connectivity index (χ0) is 22.3. The van der Waals surface area contributed by atoms with Crippen LogP contribution in [0.5, 0.6) is 11.5 Å². The van der Waals surface area contributed by atoms with E-state index >= 15 is 0 Å². The maximum absolute atomic E-state index is 12.8. The molecule has 0 saturated heterocycles. The molecule has 1 aromatic heterocycles.